The Hall–Kier alpha value is -2.43. The zero-order valence-corrected chi connectivity index (χ0v) is 14.3. The normalized spacial score (nSPS) is 17.6. The number of nitrogens with one attached hydrogen (secondary N) is 1. The van der Waals surface area contributed by atoms with Crippen LogP contribution in [0.2, 0.25) is 0 Å². The van der Waals surface area contributed by atoms with Gasteiger partial charge in [-0.05, 0) is 43.9 Å². The molecule has 1 amide bonds. The van der Waals surface area contributed by atoms with Crippen molar-refractivity contribution in [1.82, 2.24) is 15.3 Å². The van der Waals surface area contributed by atoms with Crippen LogP contribution in [-0.2, 0) is 11.3 Å². The first-order valence-corrected chi connectivity index (χ1v) is 8.50. The number of piperidine rings is 1. The monoisotopic (exact) mass is 324 g/mol. The van der Waals surface area contributed by atoms with Crippen molar-refractivity contribution in [3.63, 3.8) is 0 Å². The number of amides is 1. The largest absolute Gasteiger partial charge is 0.352 e. The van der Waals surface area contributed by atoms with E-state index in [-0.39, 0.29) is 11.8 Å². The number of rotatable bonds is 4. The molecule has 0 spiro atoms. The first-order chi connectivity index (χ1) is 11.6. The Bertz CT molecular complexity index is 716. The van der Waals surface area contributed by atoms with Gasteiger partial charge in [0.2, 0.25) is 11.9 Å². The zero-order chi connectivity index (χ0) is 16.9. The Balaban J connectivity index is 1.60. The summed E-state index contributed by atoms with van der Waals surface area (Å²) in [4.78, 5) is 23.5. The minimum Gasteiger partial charge on any atom is -0.352 e. The van der Waals surface area contributed by atoms with E-state index in [1.165, 1.54) is 11.1 Å². The second-order valence-electron chi connectivity index (χ2n) is 6.43. The van der Waals surface area contributed by atoms with Crippen molar-refractivity contribution in [3.8, 4) is 0 Å². The van der Waals surface area contributed by atoms with E-state index in [1.54, 1.807) is 6.20 Å². The molecule has 0 saturated carbocycles. The maximum atomic E-state index is 12.5. The Kier molecular flexibility index (Phi) is 5.08. The summed E-state index contributed by atoms with van der Waals surface area (Å²) in [6, 6.07) is 10.0. The molecule has 0 radical (unpaired) electrons. The first kappa shape index (κ1) is 16.4. The molecule has 2 heterocycles. The van der Waals surface area contributed by atoms with Gasteiger partial charge in [-0.2, -0.15) is 0 Å². The third kappa shape index (κ3) is 3.91. The molecule has 1 N–H and O–H groups in total. The van der Waals surface area contributed by atoms with Crippen molar-refractivity contribution in [1.29, 1.82) is 0 Å². The van der Waals surface area contributed by atoms with Gasteiger partial charge in [-0.25, -0.2) is 9.97 Å². The van der Waals surface area contributed by atoms with Gasteiger partial charge in [-0.1, -0.05) is 24.3 Å². The summed E-state index contributed by atoms with van der Waals surface area (Å²) in [6.07, 6.45) is 3.68. The second-order valence-corrected chi connectivity index (χ2v) is 6.43. The van der Waals surface area contributed by atoms with E-state index in [1.807, 2.05) is 25.1 Å². The number of hydrogen-bond acceptors (Lipinski definition) is 4. The van der Waals surface area contributed by atoms with Gasteiger partial charge in [-0.15, -0.1) is 0 Å². The van der Waals surface area contributed by atoms with E-state index in [0.717, 1.165) is 31.0 Å². The van der Waals surface area contributed by atoms with Gasteiger partial charge in [0.15, 0.2) is 0 Å². The van der Waals surface area contributed by atoms with Crippen molar-refractivity contribution in [3.05, 3.63) is 53.3 Å². The van der Waals surface area contributed by atoms with Crippen LogP contribution in [0.25, 0.3) is 0 Å². The van der Waals surface area contributed by atoms with Crippen LogP contribution in [0.3, 0.4) is 0 Å². The third-order valence-corrected chi connectivity index (χ3v) is 4.57. The number of aromatic nitrogens is 2. The lowest BCUT2D eigenvalue weighted by Crippen LogP contribution is -2.43. The van der Waals surface area contributed by atoms with E-state index in [0.29, 0.717) is 13.1 Å². The lowest BCUT2D eigenvalue weighted by molar-refractivity contribution is -0.125. The van der Waals surface area contributed by atoms with Gasteiger partial charge >= 0.3 is 0 Å². The number of benzene rings is 1. The highest BCUT2D eigenvalue weighted by molar-refractivity contribution is 5.79. The third-order valence-electron chi connectivity index (χ3n) is 4.57. The second kappa shape index (κ2) is 7.43. The standard InChI is InChI=1S/C19H24N4O/c1-14-6-3-4-7-16(14)12-21-18(24)17-8-5-11-23(13-17)19-20-10-9-15(2)22-19/h3-4,6-7,9-10,17H,5,8,11-13H2,1-2H3,(H,21,24). The first-order valence-electron chi connectivity index (χ1n) is 8.50. The molecule has 1 aliphatic heterocycles. The molecule has 3 rings (SSSR count). The molecular formula is C19H24N4O. The van der Waals surface area contributed by atoms with Gasteiger partial charge in [-0.3, -0.25) is 4.79 Å². The lowest BCUT2D eigenvalue weighted by atomic mass is 9.97. The predicted octanol–water partition coefficient (Wildman–Crippen LogP) is 2.63. The Morgan fingerprint density at radius 2 is 2.12 bits per heavy atom. The predicted molar refractivity (Wildman–Crippen MR) is 94.7 cm³/mol. The Labute approximate surface area is 143 Å². The molecule has 2 aromatic rings. The van der Waals surface area contributed by atoms with Gasteiger partial charge < -0.3 is 10.2 Å². The molecule has 1 atom stereocenters. The summed E-state index contributed by atoms with van der Waals surface area (Å²) in [5.74, 6) is 0.842. The van der Waals surface area contributed by atoms with Crippen LogP contribution in [0, 0.1) is 19.8 Å². The summed E-state index contributed by atoms with van der Waals surface area (Å²) in [6.45, 7) is 6.21. The molecular weight excluding hydrogens is 300 g/mol. The summed E-state index contributed by atoms with van der Waals surface area (Å²) >= 11 is 0. The van der Waals surface area contributed by atoms with Gasteiger partial charge in [0.05, 0.1) is 5.92 Å². The molecule has 1 fully saturated rings. The van der Waals surface area contributed by atoms with Gasteiger partial charge in [0.1, 0.15) is 0 Å². The quantitative estimate of drug-likeness (QED) is 0.939. The van der Waals surface area contributed by atoms with Crippen LogP contribution in [0.4, 0.5) is 5.95 Å². The molecule has 0 bridgehead atoms. The number of carbonyl (C=O) groups excluding carboxylic acids is 1. The fourth-order valence-corrected chi connectivity index (χ4v) is 3.10. The molecule has 1 aromatic heterocycles. The minimum atomic E-state index is -0.00752. The molecule has 126 valence electrons. The van der Waals surface area contributed by atoms with Crippen LogP contribution in [0.15, 0.2) is 36.5 Å². The Morgan fingerprint density at radius 3 is 2.92 bits per heavy atom. The molecule has 1 unspecified atom stereocenters. The van der Waals surface area contributed by atoms with Crippen LogP contribution in [0.5, 0.6) is 0 Å². The topological polar surface area (TPSA) is 58.1 Å². The number of anilines is 1. The van der Waals surface area contributed by atoms with E-state index in [2.05, 4.69) is 39.2 Å². The molecule has 1 aliphatic rings. The SMILES string of the molecule is Cc1ccnc(N2CCCC(C(=O)NCc3ccccc3C)C2)n1. The van der Waals surface area contributed by atoms with Crippen LogP contribution in [0.1, 0.15) is 29.7 Å². The summed E-state index contributed by atoms with van der Waals surface area (Å²) in [5, 5.41) is 3.09. The maximum Gasteiger partial charge on any atom is 0.225 e. The van der Waals surface area contributed by atoms with E-state index in [4.69, 9.17) is 0 Å². The number of nitrogens with zero attached hydrogens (tertiary/aromatic N) is 3. The van der Waals surface area contributed by atoms with Crippen LogP contribution >= 0.6 is 0 Å². The van der Waals surface area contributed by atoms with Gasteiger partial charge in [0, 0.05) is 31.5 Å². The highest BCUT2D eigenvalue weighted by atomic mass is 16.1. The van der Waals surface area contributed by atoms with Crippen LogP contribution in [-0.4, -0.2) is 29.0 Å². The van der Waals surface area contributed by atoms with Crippen molar-refractivity contribution >= 4 is 11.9 Å². The Morgan fingerprint density at radius 1 is 1.29 bits per heavy atom. The van der Waals surface area contributed by atoms with Crippen molar-refractivity contribution in [2.24, 2.45) is 5.92 Å². The van der Waals surface area contributed by atoms with Crippen molar-refractivity contribution < 1.29 is 4.79 Å². The molecule has 5 heteroatoms. The molecule has 5 nitrogen and oxygen atoms in total. The number of aryl methyl sites for hydroxylation is 2. The number of hydrogen-bond donors (Lipinski definition) is 1. The summed E-state index contributed by atoms with van der Waals surface area (Å²) < 4.78 is 0. The average molecular weight is 324 g/mol. The van der Waals surface area contributed by atoms with E-state index < -0.39 is 0 Å². The molecule has 1 aromatic carbocycles. The molecule has 24 heavy (non-hydrogen) atoms. The van der Waals surface area contributed by atoms with E-state index in [9.17, 15) is 4.79 Å². The van der Waals surface area contributed by atoms with Crippen LogP contribution < -0.4 is 10.2 Å². The maximum absolute atomic E-state index is 12.5. The van der Waals surface area contributed by atoms with Crippen molar-refractivity contribution in [2.45, 2.75) is 33.2 Å². The van der Waals surface area contributed by atoms with E-state index >= 15 is 0 Å². The highest BCUT2D eigenvalue weighted by Crippen LogP contribution is 2.20. The smallest absolute Gasteiger partial charge is 0.225 e. The fourth-order valence-electron chi connectivity index (χ4n) is 3.10. The summed E-state index contributed by atoms with van der Waals surface area (Å²) in [5.41, 5.74) is 3.32. The highest BCUT2D eigenvalue weighted by Gasteiger charge is 2.27. The summed E-state index contributed by atoms with van der Waals surface area (Å²) in [7, 11) is 0. The average Bonchev–Trinajstić information content (AvgIpc) is 2.61. The minimum absolute atomic E-state index is 0.00752. The fraction of sp³-hybridized carbons (Fsp3) is 0.421. The van der Waals surface area contributed by atoms with Gasteiger partial charge in [0.25, 0.3) is 0 Å². The molecule has 1 saturated heterocycles. The van der Waals surface area contributed by atoms with Crippen molar-refractivity contribution in [2.75, 3.05) is 18.0 Å². The lowest BCUT2D eigenvalue weighted by Gasteiger charge is -2.32. The number of carbonyl (C=O) groups is 1. The molecule has 0 aliphatic carbocycles. The zero-order valence-electron chi connectivity index (χ0n) is 14.3.